The lowest BCUT2D eigenvalue weighted by Gasteiger charge is -2.34. The molecule has 2 aromatic carbocycles. The zero-order valence-corrected chi connectivity index (χ0v) is 17.8. The van der Waals surface area contributed by atoms with E-state index in [1.165, 1.54) is 8.61 Å². The summed E-state index contributed by atoms with van der Waals surface area (Å²) in [6.07, 6.45) is 0.673. The third-order valence-electron chi connectivity index (χ3n) is 4.96. The number of ether oxygens (including phenoxy) is 1. The quantitative estimate of drug-likeness (QED) is 0.784. The maximum atomic E-state index is 13.0. The molecule has 0 radical (unpaired) electrons. The van der Waals surface area contributed by atoms with Crippen molar-refractivity contribution in [2.45, 2.75) is 26.8 Å². The van der Waals surface area contributed by atoms with Crippen LogP contribution in [-0.2, 0) is 21.5 Å². The molecule has 2 aromatic rings. The van der Waals surface area contributed by atoms with Crippen LogP contribution in [0.3, 0.4) is 0 Å². The molecule has 0 saturated carbocycles. The van der Waals surface area contributed by atoms with E-state index < -0.39 is 10.2 Å². The van der Waals surface area contributed by atoms with E-state index in [1.807, 2.05) is 44.2 Å². The van der Waals surface area contributed by atoms with Crippen LogP contribution in [0.5, 0.6) is 5.75 Å². The van der Waals surface area contributed by atoms with Gasteiger partial charge in [0.2, 0.25) is 5.91 Å². The van der Waals surface area contributed by atoms with E-state index in [-0.39, 0.29) is 19.0 Å². The zero-order valence-electron chi connectivity index (χ0n) is 17.0. The molecule has 0 aliphatic carbocycles. The summed E-state index contributed by atoms with van der Waals surface area (Å²) in [6, 6.07) is 13.0. The van der Waals surface area contributed by atoms with E-state index in [0.717, 1.165) is 22.4 Å². The number of aryl methyl sites for hydroxylation is 2. The molecule has 0 unspecified atom stereocenters. The Morgan fingerprint density at radius 3 is 2.41 bits per heavy atom. The van der Waals surface area contributed by atoms with Crippen LogP contribution in [0.4, 0.5) is 5.69 Å². The standard InChI is InChI=1S/C21H27N3O4S/c1-16-5-10-20(17(2)13-16)22-21(25)15-24-12-4-11-23(29(24,26)27)14-18-6-8-19(28-3)9-7-18/h5-10,13H,4,11-12,14-15H2,1-3H3,(H,22,25). The van der Waals surface area contributed by atoms with Crippen LogP contribution in [0.25, 0.3) is 0 Å². The highest BCUT2D eigenvalue weighted by atomic mass is 32.2. The van der Waals surface area contributed by atoms with E-state index in [0.29, 0.717) is 25.2 Å². The van der Waals surface area contributed by atoms with Crippen LogP contribution in [0, 0.1) is 13.8 Å². The lowest BCUT2D eigenvalue weighted by Crippen LogP contribution is -2.51. The minimum absolute atomic E-state index is 0.200. The molecule has 8 heteroatoms. The summed E-state index contributed by atoms with van der Waals surface area (Å²) in [5, 5.41) is 2.82. The molecule has 1 amide bonds. The number of hydrogen-bond acceptors (Lipinski definition) is 4. The molecule has 1 saturated heterocycles. The molecule has 1 heterocycles. The van der Waals surface area contributed by atoms with Crippen LogP contribution < -0.4 is 10.1 Å². The summed E-state index contributed by atoms with van der Waals surface area (Å²) < 4.78 is 33.8. The van der Waals surface area contributed by atoms with Crippen molar-refractivity contribution < 1.29 is 17.9 Å². The summed E-state index contributed by atoms with van der Waals surface area (Å²) >= 11 is 0. The number of benzene rings is 2. The molecule has 0 spiro atoms. The molecule has 0 bridgehead atoms. The summed E-state index contributed by atoms with van der Waals surface area (Å²) in [6.45, 7) is 4.73. The molecule has 0 aromatic heterocycles. The van der Waals surface area contributed by atoms with Gasteiger partial charge >= 0.3 is 0 Å². The van der Waals surface area contributed by atoms with E-state index >= 15 is 0 Å². The monoisotopic (exact) mass is 417 g/mol. The minimum Gasteiger partial charge on any atom is -0.497 e. The Morgan fingerprint density at radius 2 is 1.76 bits per heavy atom. The second-order valence-electron chi connectivity index (χ2n) is 7.24. The fourth-order valence-corrected chi connectivity index (χ4v) is 5.02. The third kappa shape index (κ3) is 5.14. The van der Waals surface area contributed by atoms with Gasteiger partial charge < -0.3 is 10.1 Å². The van der Waals surface area contributed by atoms with Gasteiger partial charge in [0.15, 0.2) is 0 Å². The van der Waals surface area contributed by atoms with Crippen LogP contribution in [0.2, 0.25) is 0 Å². The molecule has 0 atom stereocenters. The topological polar surface area (TPSA) is 79.0 Å². The second kappa shape index (κ2) is 8.94. The van der Waals surface area contributed by atoms with Gasteiger partial charge in [-0.3, -0.25) is 4.79 Å². The predicted octanol–water partition coefficient (Wildman–Crippen LogP) is 2.70. The molecule has 156 valence electrons. The fourth-order valence-electron chi connectivity index (χ4n) is 3.38. The van der Waals surface area contributed by atoms with Crippen LogP contribution in [0.1, 0.15) is 23.1 Å². The SMILES string of the molecule is COc1ccc(CN2CCCN(CC(=O)Nc3ccc(C)cc3C)S2(=O)=O)cc1. The molecule has 7 nitrogen and oxygen atoms in total. The Morgan fingerprint density at radius 1 is 1.07 bits per heavy atom. The normalized spacial score (nSPS) is 17.1. The van der Waals surface area contributed by atoms with Crippen molar-refractivity contribution in [2.75, 3.05) is 32.1 Å². The maximum Gasteiger partial charge on any atom is 0.282 e. The number of rotatable bonds is 6. The minimum atomic E-state index is -3.71. The Hall–Kier alpha value is -2.42. The van der Waals surface area contributed by atoms with Crippen molar-refractivity contribution >= 4 is 21.8 Å². The summed E-state index contributed by atoms with van der Waals surface area (Å²) in [4.78, 5) is 12.5. The Labute approximate surface area is 172 Å². The first-order valence-corrected chi connectivity index (χ1v) is 10.9. The highest BCUT2D eigenvalue weighted by Crippen LogP contribution is 2.21. The van der Waals surface area contributed by atoms with Gasteiger partial charge in [-0.25, -0.2) is 0 Å². The summed E-state index contributed by atoms with van der Waals surface area (Å²) in [5.41, 5.74) is 3.62. The van der Waals surface area contributed by atoms with Crippen molar-refractivity contribution in [1.82, 2.24) is 8.61 Å². The average Bonchev–Trinajstić information content (AvgIpc) is 2.68. The lowest BCUT2D eigenvalue weighted by molar-refractivity contribution is -0.116. The zero-order chi connectivity index (χ0) is 21.0. The Balaban J connectivity index is 1.66. The number of carbonyl (C=O) groups excluding carboxylic acids is 1. The van der Waals surface area contributed by atoms with E-state index in [4.69, 9.17) is 4.74 Å². The molecule has 1 fully saturated rings. The third-order valence-corrected chi connectivity index (χ3v) is 6.89. The van der Waals surface area contributed by atoms with E-state index in [9.17, 15) is 13.2 Å². The van der Waals surface area contributed by atoms with Crippen molar-refractivity contribution in [3.8, 4) is 5.75 Å². The first-order chi connectivity index (χ1) is 13.8. The van der Waals surface area contributed by atoms with Crippen LogP contribution >= 0.6 is 0 Å². The Kier molecular flexibility index (Phi) is 6.56. The smallest absolute Gasteiger partial charge is 0.282 e. The van der Waals surface area contributed by atoms with Gasteiger partial charge in [0.1, 0.15) is 5.75 Å². The maximum absolute atomic E-state index is 13.0. The largest absolute Gasteiger partial charge is 0.497 e. The molecular weight excluding hydrogens is 390 g/mol. The van der Waals surface area contributed by atoms with Crippen molar-refractivity contribution in [3.05, 3.63) is 59.2 Å². The number of carbonyl (C=O) groups is 1. The first-order valence-electron chi connectivity index (χ1n) is 9.55. The lowest BCUT2D eigenvalue weighted by atomic mass is 10.1. The van der Waals surface area contributed by atoms with Crippen LogP contribution in [-0.4, -0.2) is 49.7 Å². The van der Waals surface area contributed by atoms with Gasteiger partial charge in [0.05, 0.1) is 13.7 Å². The number of amides is 1. The van der Waals surface area contributed by atoms with Crippen molar-refractivity contribution in [3.63, 3.8) is 0 Å². The number of hydrogen-bond donors (Lipinski definition) is 1. The van der Waals surface area contributed by atoms with Gasteiger partial charge in [-0.2, -0.15) is 17.0 Å². The summed E-state index contributed by atoms with van der Waals surface area (Å²) in [5.74, 6) is 0.381. The molecule has 29 heavy (non-hydrogen) atoms. The van der Waals surface area contributed by atoms with Gasteiger partial charge in [-0.1, -0.05) is 29.8 Å². The van der Waals surface area contributed by atoms with Gasteiger partial charge in [0, 0.05) is 25.3 Å². The molecule has 3 rings (SSSR count). The fraction of sp³-hybridized carbons (Fsp3) is 0.381. The summed E-state index contributed by atoms with van der Waals surface area (Å²) in [7, 11) is -2.12. The van der Waals surface area contributed by atoms with Gasteiger partial charge in [0.25, 0.3) is 10.2 Å². The second-order valence-corrected chi connectivity index (χ2v) is 9.17. The highest BCUT2D eigenvalue weighted by Gasteiger charge is 2.34. The molecular formula is C21H27N3O4S. The van der Waals surface area contributed by atoms with Crippen molar-refractivity contribution in [2.24, 2.45) is 0 Å². The number of methoxy groups -OCH3 is 1. The predicted molar refractivity (Wildman–Crippen MR) is 113 cm³/mol. The highest BCUT2D eigenvalue weighted by molar-refractivity contribution is 7.86. The molecule has 1 aliphatic heterocycles. The molecule has 1 aliphatic rings. The van der Waals surface area contributed by atoms with E-state index in [2.05, 4.69) is 5.32 Å². The Bertz CT molecular complexity index is 974. The number of nitrogens with one attached hydrogen (secondary N) is 1. The van der Waals surface area contributed by atoms with Crippen molar-refractivity contribution in [1.29, 1.82) is 0 Å². The van der Waals surface area contributed by atoms with Gasteiger partial charge in [-0.05, 0) is 49.6 Å². The number of nitrogens with zero attached hydrogens (tertiary/aromatic N) is 2. The first kappa shape index (κ1) is 21.3. The van der Waals surface area contributed by atoms with E-state index in [1.54, 1.807) is 19.2 Å². The number of anilines is 1. The average molecular weight is 418 g/mol. The van der Waals surface area contributed by atoms with Gasteiger partial charge in [-0.15, -0.1) is 0 Å². The molecule has 1 N–H and O–H groups in total. The van der Waals surface area contributed by atoms with Crippen LogP contribution in [0.15, 0.2) is 42.5 Å².